The van der Waals surface area contributed by atoms with Gasteiger partial charge in [-0.05, 0) is 48.0 Å². The lowest BCUT2D eigenvalue weighted by molar-refractivity contribution is 0.0955. The number of benzene rings is 3. The van der Waals surface area contributed by atoms with Gasteiger partial charge in [-0.2, -0.15) is 5.10 Å². The van der Waals surface area contributed by atoms with Gasteiger partial charge in [0.2, 0.25) is 0 Å². The molecule has 1 amide bonds. The van der Waals surface area contributed by atoms with Gasteiger partial charge in [-0.15, -0.1) is 0 Å². The fraction of sp³-hybridized carbons (Fsp3) is 0.0909. The number of methoxy groups -OCH3 is 1. The summed E-state index contributed by atoms with van der Waals surface area (Å²) in [5, 5.41) is 5.11. The molecule has 0 spiro atoms. The van der Waals surface area contributed by atoms with E-state index in [4.69, 9.17) is 32.7 Å². The predicted octanol–water partition coefficient (Wildman–Crippen LogP) is 5.34. The largest absolute Gasteiger partial charge is 0.493 e. The molecule has 29 heavy (non-hydrogen) atoms. The second kappa shape index (κ2) is 9.96. The van der Waals surface area contributed by atoms with Crippen molar-refractivity contribution in [2.75, 3.05) is 7.11 Å². The molecule has 3 rings (SSSR count). The first-order valence-electron chi connectivity index (χ1n) is 8.70. The second-order valence-corrected chi connectivity index (χ2v) is 6.84. The first-order chi connectivity index (χ1) is 14.1. The van der Waals surface area contributed by atoms with Crippen molar-refractivity contribution in [3.8, 4) is 11.5 Å². The molecule has 0 saturated heterocycles. The Morgan fingerprint density at radius 2 is 1.86 bits per heavy atom. The van der Waals surface area contributed by atoms with Crippen LogP contribution >= 0.6 is 23.2 Å². The molecule has 0 heterocycles. The lowest BCUT2D eigenvalue weighted by Gasteiger charge is -2.12. The number of hydrogen-bond donors (Lipinski definition) is 1. The maximum atomic E-state index is 12.1. The lowest BCUT2D eigenvalue weighted by Crippen LogP contribution is -2.17. The monoisotopic (exact) mass is 428 g/mol. The normalized spacial score (nSPS) is 10.7. The molecule has 0 radical (unpaired) electrons. The third kappa shape index (κ3) is 5.73. The number of nitrogens with one attached hydrogen (secondary N) is 1. The average molecular weight is 429 g/mol. The summed E-state index contributed by atoms with van der Waals surface area (Å²) in [5.41, 5.74) is 4.51. The minimum atomic E-state index is -0.351. The number of amides is 1. The lowest BCUT2D eigenvalue weighted by atomic mass is 10.2. The van der Waals surface area contributed by atoms with E-state index in [0.717, 1.165) is 11.1 Å². The van der Waals surface area contributed by atoms with Crippen molar-refractivity contribution >= 4 is 35.3 Å². The number of carbonyl (C=O) groups is 1. The summed E-state index contributed by atoms with van der Waals surface area (Å²) in [6.07, 6.45) is 1.52. The minimum absolute atomic E-state index is 0.319. The summed E-state index contributed by atoms with van der Waals surface area (Å²) in [6.45, 7) is 0.319. The molecule has 3 aromatic rings. The number of nitrogens with zero attached hydrogens (tertiary/aromatic N) is 1. The van der Waals surface area contributed by atoms with Crippen LogP contribution in [0.25, 0.3) is 0 Å². The third-order valence-corrected chi connectivity index (χ3v) is 4.60. The van der Waals surface area contributed by atoms with E-state index in [1.165, 1.54) is 6.21 Å². The fourth-order valence-electron chi connectivity index (χ4n) is 2.51. The molecule has 0 aliphatic heterocycles. The Hall–Kier alpha value is -3.02. The maximum Gasteiger partial charge on any atom is 0.271 e. The van der Waals surface area contributed by atoms with Crippen LogP contribution in [0.15, 0.2) is 71.8 Å². The number of hydrazone groups is 1. The number of carbonyl (C=O) groups excluding carboxylic acids is 1. The fourth-order valence-corrected chi connectivity index (χ4v) is 2.89. The molecule has 0 aliphatic rings. The van der Waals surface area contributed by atoms with Crippen molar-refractivity contribution in [2.24, 2.45) is 5.10 Å². The molecule has 148 valence electrons. The predicted molar refractivity (Wildman–Crippen MR) is 115 cm³/mol. The molecule has 0 aromatic heterocycles. The van der Waals surface area contributed by atoms with Crippen LogP contribution in [0, 0.1) is 0 Å². The second-order valence-electron chi connectivity index (χ2n) is 6.00. The van der Waals surface area contributed by atoms with Gasteiger partial charge in [0.15, 0.2) is 11.5 Å². The summed E-state index contributed by atoms with van der Waals surface area (Å²) in [4.78, 5) is 12.1. The van der Waals surface area contributed by atoms with Crippen LogP contribution in [-0.2, 0) is 6.61 Å². The number of rotatable bonds is 7. The Kier molecular flexibility index (Phi) is 7.11. The van der Waals surface area contributed by atoms with Crippen LogP contribution in [0.1, 0.15) is 21.5 Å². The van der Waals surface area contributed by atoms with E-state index >= 15 is 0 Å². The van der Waals surface area contributed by atoms with E-state index < -0.39 is 0 Å². The Morgan fingerprint density at radius 3 is 2.62 bits per heavy atom. The Balaban J connectivity index is 1.64. The first-order valence-corrected chi connectivity index (χ1v) is 9.45. The smallest absolute Gasteiger partial charge is 0.271 e. The van der Waals surface area contributed by atoms with Crippen molar-refractivity contribution < 1.29 is 14.3 Å². The van der Waals surface area contributed by atoms with Gasteiger partial charge in [-0.1, -0.05) is 47.5 Å². The maximum absolute atomic E-state index is 12.1. The van der Waals surface area contributed by atoms with Crippen molar-refractivity contribution in [3.05, 3.63) is 93.5 Å². The van der Waals surface area contributed by atoms with E-state index in [1.807, 2.05) is 24.3 Å². The molecular weight excluding hydrogens is 411 g/mol. The Morgan fingerprint density at radius 1 is 1.03 bits per heavy atom. The summed E-state index contributed by atoms with van der Waals surface area (Å²) < 4.78 is 11.2. The molecule has 5 nitrogen and oxygen atoms in total. The van der Waals surface area contributed by atoms with Gasteiger partial charge >= 0.3 is 0 Å². The summed E-state index contributed by atoms with van der Waals surface area (Å²) in [5.74, 6) is 0.769. The highest BCUT2D eigenvalue weighted by molar-refractivity contribution is 6.31. The van der Waals surface area contributed by atoms with Crippen LogP contribution in [0.3, 0.4) is 0 Å². The van der Waals surface area contributed by atoms with Gasteiger partial charge in [-0.25, -0.2) is 5.43 Å². The first kappa shape index (κ1) is 20.7. The molecule has 3 aromatic carbocycles. The van der Waals surface area contributed by atoms with E-state index in [-0.39, 0.29) is 5.91 Å². The van der Waals surface area contributed by atoms with Crippen LogP contribution in [0.4, 0.5) is 0 Å². The SMILES string of the molecule is COc1cc(/C=N\NC(=O)c2cccc(Cl)c2)ccc1OCc1ccccc1Cl. The number of halogens is 2. The standard InChI is InChI=1S/C22H18Cl2N2O3/c1-28-21-11-15(13-25-26-22(27)16-6-4-7-18(23)12-16)9-10-20(21)29-14-17-5-2-3-8-19(17)24/h2-13H,14H2,1H3,(H,26,27)/b25-13-. The Labute approximate surface area is 178 Å². The molecule has 0 bridgehead atoms. The van der Waals surface area contributed by atoms with Gasteiger partial charge in [0.25, 0.3) is 5.91 Å². The van der Waals surface area contributed by atoms with Gasteiger partial charge < -0.3 is 9.47 Å². The van der Waals surface area contributed by atoms with Crippen molar-refractivity contribution in [1.82, 2.24) is 5.43 Å². The topological polar surface area (TPSA) is 59.9 Å². The summed E-state index contributed by atoms with van der Waals surface area (Å²) in [6, 6.07) is 19.5. The number of hydrogen-bond acceptors (Lipinski definition) is 4. The number of ether oxygens (including phenoxy) is 2. The highest BCUT2D eigenvalue weighted by Crippen LogP contribution is 2.29. The van der Waals surface area contributed by atoms with Crippen molar-refractivity contribution in [2.45, 2.75) is 6.61 Å². The van der Waals surface area contributed by atoms with Crippen molar-refractivity contribution in [1.29, 1.82) is 0 Å². The molecule has 0 unspecified atom stereocenters. The van der Waals surface area contributed by atoms with Gasteiger partial charge in [0, 0.05) is 21.2 Å². The highest BCUT2D eigenvalue weighted by atomic mass is 35.5. The van der Waals surface area contributed by atoms with E-state index in [0.29, 0.717) is 33.7 Å². The molecular formula is C22H18Cl2N2O3. The molecule has 1 N–H and O–H groups in total. The zero-order valence-electron chi connectivity index (χ0n) is 15.6. The Bertz CT molecular complexity index is 1040. The molecule has 0 atom stereocenters. The molecule has 0 saturated carbocycles. The average Bonchev–Trinajstić information content (AvgIpc) is 2.73. The summed E-state index contributed by atoms with van der Waals surface area (Å²) >= 11 is 12.0. The van der Waals surface area contributed by atoms with Crippen molar-refractivity contribution in [3.63, 3.8) is 0 Å². The highest BCUT2D eigenvalue weighted by Gasteiger charge is 2.08. The van der Waals surface area contributed by atoms with Crippen LogP contribution in [0.5, 0.6) is 11.5 Å². The van der Waals surface area contributed by atoms with E-state index in [2.05, 4.69) is 10.5 Å². The van der Waals surface area contributed by atoms with Crippen LogP contribution in [0.2, 0.25) is 10.0 Å². The van der Waals surface area contributed by atoms with Crippen LogP contribution in [-0.4, -0.2) is 19.2 Å². The van der Waals surface area contributed by atoms with Gasteiger partial charge in [0.1, 0.15) is 6.61 Å². The summed E-state index contributed by atoms with van der Waals surface area (Å²) in [7, 11) is 1.56. The van der Waals surface area contributed by atoms with E-state index in [9.17, 15) is 4.79 Å². The minimum Gasteiger partial charge on any atom is -0.493 e. The molecule has 7 heteroatoms. The quantitative estimate of drug-likeness (QED) is 0.407. The van der Waals surface area contributed by atoms with E-state index in [1.54, 1.807) is 49.6 Å². The molecule has 0 aliphatic carbocycles. The molecule has 0 fully saturated rings. The van der Waals surface area contributed by atoms with Crippen LogP contribution < -0.4 is 14.9 Å². The van der Waals surface area contributed by atoms with Gasteiger partial charge in [0.05, 0.1) is 13.3 Å². The third-order valence-electron chi connectivity index (χ3n) is 4.00. The zero-order valence-corrected chi connectivity index (χ0v) is 17.1. The van der Waals surface area contributed by atoms with Gasteiger partial charge in [-0.3, -0.25) is 4.79 Å². The zero-order chi connectivity index (χ0) is 20.6.